The van der Waals surface area contributed by atoms with Crippen LogP contribution >= 0.6 is 0 Å². The minimum Gasteiger partial charge on any atom is -0.369 e. The van der Waals surface area contributed by atoms with Crippen LogP contribution < -0.4 is 0 Å². The first-order valence-electron chi connectivity index (χ1n) is 8.78. The lowest BCUT2D eigenvalue weighted by molar-refractivity contribution is -0.421. The van der Waals surface area contributed by atoms with Crippen molar-refractivity contribution >= 4 is 0 Å². The van der Waals surface area contributed by atoms with E-state index in [0.29, 0.717) is 24.3 Å². The minimum atomic E-state index is -6.57. The Kier molecular flexibility index (Phi) is 5.56. The summed E-state index contributed by atoms with van der Waals surface area (Å²) in [6.07, 6.45) is -25.9. The van der Waals surface area contributed by atoms with Crippen LogP contribution in [0, 0.1) is 0 Å². The lowest BCUT2D eigenvalue weighted by Crippen LogP contribution is -2.57. The first-order valence-corrected chi connectivity index (χ1v) is 8.78. The van der Waals surface area contributed by atoms with Crippen LogP contribution in [0.5, 0.6) is 0 Å². The zero-order valence-corrected chi connectivity index (χ0v) is 16.0. The average molecular weight is 514 g/mol. The fourth-order valence-electron chi connectivity index (χ4n) is 3.76. The van der Waals surface area contributed by atoms with Gasteiger partial charge in [-0.3, -0.25) is 0 Å². The van der Waals surface area contributed by atoms with E-state index in [-0.39, 0.29) is 18.2 Å². The molecule has 0 fully saturated rings. The molecule has 34 heavy (non-hydrogen) atoms. The van der Waals surface area contributed by atoms with Crippen molar-refractivity contribution in [1.29, 1.82) is 0 Å². The van der Waals surface area contributed by atoms with Gasteiger partial charge in [0.05, 0.1) is 0 Å². The highest BCUT2D eigenvalue weighted by molar-refractivity contribution is 5.51. The number of fused-ring (bicyclic) bond motifs is 1. The predicted molar refractivity (Wildman–Crippen MR) is 86.8 cm³/mol. The quantitative estimate of drug-likeness (QED) is 0.518. The monoisotopic (exact) mass is 514 g/mol. The van der Waals surface area contributed by atoms with Crippen molar-refractivity contribution in [3.05, 3.63) is 70.8 Å². The van der Waals surface area contributed by atoms with Crippen molar-refractivity contribution in [2.45, 2.75) is 41.7 Å². The van der Waals surface area contributed by atoms with Crippen molar-refractivity contribution in [1.82, 2.24) is 0 Å². The molecule has 3 rings (SSSR count). The molecule has 0 amide bonds. The maximum absolute atomic E-state index is 13.8. The normalized spacial score (nSPS) is 21.5. The number of benzene rings is 2. The molecule has 0 spiro atoms. The zero-order valence-electron chi connectivity index (χ0n) is 16.0. The highest BCUT2D eigenvalue weighted by atomic mass is 19.4. The second-order valence-electron chi connectivity index (χ2n) is 7.22. The number of ether oxygens (including phenoxy) is 1. The maximum atomic E-state index is 13.8. The molecular weight excluding hydrogens is 504 g/mol. The first-order chi connectivity index (χ1) is 15.2. The van der Waals surface area contributed by atoms with Gasteiger partial charge in [-0.2, -0.15) is 52.7 Å². The average Bonchev–Trinajstić information content (AvgIpc) is 2.97. The molecule has 1 heterocycles. The molecule has 1 aliphatic rings. The Balaban J connectivity index is 2.45. The number of hydrogen-bond donors (Lipinski definition) is 2. The van der Waals surface area contributed by atoms with Gasteiger partial charge >= 0.3 is 24.7 Å². The molecule has 0 bridgehead atoms. The summed E-state index contributed by atoms with van der Waals surface area (Å²) in [7, 11) is 0. The Morgan fingerprint density at radius 1 is 0.588 bits per heavy atom. The van der Waals surface area contributed by atoms with Gasteiger partial charge in [0.1, 0.15) is 0 Å². The highest BCUT2D eigenvalue weighted by Crippen LogP contribution is 2.63. The summed E-state index contributed by atoms with van der Waals surface area (Å²) in [4.78, 5) is 0. The molecule has 1 aliphatic heterocycles. The zero-order chi connectivity index (χ0) is 26.2. The van der Waals surface area contributed by atoms with E-state index in [1.165, 1.54) is 0 Å². The molecule has 15 heteroatoms. The number of aliphatic hydroxyl groups is 2. The van der Waals surface area contributed by atoms with E-state index >= 15 is 0 Å². The van der Waals surface area contributed by atoms with E-state index in [2.05, 4.69) is 4.74 Å². The van der Waals surface area contributed by atoms with Crippen LogP contribution in [0.4, 0.5) is 52.7 Å². The molecule has 0 radical (unpaired) electrons. The Labute approximate surface area is 181 Å². The lowest BCUT2D eigenvalue weighted by atomic mass is 9.82. The van der Waals surface area contributed by atoms with Gasteiger partial charge in [0, 0.05) is 22.3 Å². The van der Waals surface area contributed by atoms with Gasteiger partial charge in [-0.1, -0.05) is 48.5 Å². The second kappa shape index (κ2) is 7.24. The fourth-order valence-corrected chi connectivity index (χ4v) is 3.76. The van der Waals surface area contributed by atoms with Crippen LogP contribution in [0.25, 0.3) is 0 Å². The molecule has 2 N–H and O–H groups in total. The molecular formula is C19H10F12O3. The third-order valence-electron chi connectivity index (χ3n) is 5.27. The van der Waals surface area contributed by atoms with Gasteiger partial charge in [0.15, 0.2) is 0 Å². The Morgan fingerprint density at radius 2 is 0.971 bits per heavy atom. The Hall–Kier alpha value is -2.52. The standard InChI is InChI=1S/C19H10F12O3/c20-16(21,22)14(33,17(23,24)25)11-7-3-1-5-9(11)13(32)10-6-2-4-8-12(10)15(34-13,18(26,27)28)19(29,30)31/h1-8,32-33H. The molecule has 3 nitrogen and oxygen atoms in total. The molecule has 2 aromatic rings. The number of hydrogen-bond acceptors (Lipinski definition) is 3. The second-order valence-corrected chi connectivity index (χ2v) is 7.22. The Morgan fingerprint density at radius 3 is 1.38 bits per heavy atom. The van der Waals surface area contributed by atoms with Gasteiger partial charge in [-0.15, -0.1) is 0 Å². The first kappa shape index (κ1) is 26.1. The topological polar surface area (TPSA) is 49.7 Å². The van der Waals surface area contributed by atoms with Crippen LogP contribution in [-0.2, 0) is 21.7 Å². The minimum absolute atomic E-state index is 0.0541. The molecule has 1 unspecified atom stereocenters. The lowest BCUT2D eigenvalue weighted by Gasteiger charge is -2.39. The SMILES string of the molecule is OC1(c2ccccc2C(O)(C(F)(F)F)C(F)(F)F)OC(C(F)(F)F)(C(F)(F)F)c2ccccc21. The molecule has 0 aliphatic carbocycles. The van der Waals surface area contributed by atoms with Gasteiger partial charge in [0.2, 0.25) is 5.79 Å². The van der Waals surface area contributed by atoms with Crippen LogP contribution in [0.2, 0.25) is 0 Å². The molecule has 188 valence electrons. The highest BCUT2D eigenvalue weighted by Gasteiger charge is 2.80. The van der Waals surface area contributed by atoms with Gasteiger partial charge in [0.25, 0.3) is 11.2 Å². The van der Waals surface area contributed by atoms with Gasteiger partial charge < -0.3 is 14.9 Å². The van der Waals surface area contributed by atoms with Gasteiger partial charge in [-0.05, 0) is 0 Å². The smallest absolute Gasteiger partial charge is 0.369 e. The summed E-state index contributed by atoms with van der Waals surface area (Å²) in [5.74, 6) is -4.15. The van der Waals surface area contributed by atoms with E-state index < -0.39 is 63.9 Å². The maximum Gasteiger partial charge on any atom is 0.431 e. The van der Waals surface area contributed by atoms with Crippen LogP contribution in [0.3, 0.4) is 0 Å². The van der Waals surface area contributed by atoms with Crippen LogP contribution in [0.15, 0.2) is 48.5 Å². The van der Waals surface area contributed by atoms with Gasteiger partial charge in [-0.25, -0.2) is 0 Å². The van der Waals surface area contributed by atoms with Crippen molar-refractivity contribution in [2.75, 3.05) is 0 Å². The number of rotatable bonds is 2. The third kappa shape index (κ3) is 3.27. The molecule has 1 atom stereocenters. The molecule has 0 saturated heterocycles. The summed E-state index contributed by atoms with van der Waals surface area (Å²) in [6, 6.07) is 3.29. The number of halogens is 12. The van der Waals surface area contributed by atoms with E-state index in [0.717, 1.165) is 6.07 Å². The number of alkyl halides is 12. The predicted octanol–water partition coefficient (Wildman–Crippen LogP) is 5.54. The summed E-state index contributed by atoms with van der Waals surface area (Å²) in [5.41, 5.74) is -18.5. The fraction of sp³-hybridized carbons (Fsp3) is 0.368. The van der Waals surface area contributed by atoms with Crippen molar-refractivity contribution in [3.63, 3.8) is 0 Å². The van der Waals surface area contributed by atoms with Crippen molar-refractivity contribution in [2.24, 2.45) is 0 Å². The summed E-state index contributed by atoms with van der Waals surface area (Å²) in [5, 5.41) is 20.6. The van der Waals surface area contributed by atoms with Crippen molar-refractivity contribution < 1.29 is 67.6 Å². The largest absolute Gasteiger partial charge is 0.431 e. The summed E-state index contributed by atoms with van der Waals surface area (Å²) in [6.45, 7) is 0. The van der Waals surface area contributed by atoms with Crippen LogP contribution in [0.1, 0.15) is 22.3 Å². The third-order valence-corrected chi connectivity index (χ3v) is 5.27. The summed E-state index contributed by atoms with van der Waals surface area (Å²) >= 11 is 0. The molecule has 2 aromatic carbocycles. The molecule has 0 saturated carbocycles. The van der Waals surface area contributed by atoms with Crippen molar-refractivity contribution in [3.8, 4) is 0 Å². The molecule has 0 aromatic heterocycles. The van der Waals surface area contributed by atoms with E-state index in [1.807, 2.05) is 0 Å². The van der Waals surface area contributed by atoms with E-state index in [4.69, 9.17) is 0 Å². The van der Waals surface area contributed by atoms with Crippen LogP contribution in [-0.4, -0.2) is 34.9 Å². The van der Waals surface area contributed by atoms with E-state index in [1.54, 1.807) is 0 Å². The Bertz CT molecular complexity index is 1060. The summed E-state index contributed by atoms with van der Waals surface area (Å²) < 4.78 is 168. The van der Waals surface area contributed by atoms with E-state index in [9.17, 15) is 62.9 Å².